The highest BCUT2D eigenvalue weighted by Crippen LogP contribution is 2.25. The van der Waals surface area contributed by atoms with Crippen molar-refractivity contribution in [3.05, 3.63) is 52.3 Å². The minimum atomic E-state index is -0.184. The first-order valence-electron chi connectivity index (χ1n) is 8.89. The van der Waals surface area contributed by atoms with Gasteiger partial charge in [0.25, 0.3) is 5.56 Å². The van der Waals surface area contributed by atoms with Crippen LogP contribution in [0.25, 0.3) is 32.5 Å². The molecule has 1 aliphatic heterocycles. The molecule has 1 unspecified atom stereocenters. The van der Waals surface area contributed by atoms with Crippen molar-refractivity contribution in [1.29, 1.82) is 0 Å². The minimum Gasteiger partial charge on any atom is -0.489 e. The van der Waals surface area contributed by atoms with Crippen molar-refractivity contribution >= 4 is 32.3 Å². The van der Waals surface area contributed by atoms with Crippen LogP contribution in [0.15, 0.2) is 46.7 Å². The lowest BCUT2D eigenvalue weighted by molar-refractivity contribution is 0.208. The number of hydrogen-bond acceptors (Lipinski definition) is 6. The maximum Gasteiger partial charge on any atom is 0.259 e. The molecule has 1 aromatic carbocycles. The van der Waals surface area contributed by atoms with Gasteiger partial charge in [-0.1, -0.05) is 0 Å². The number of aromatic nitrogens is 3. The summed E-state index contributed by atoms with van der Waals surface area (Å²) in [5, 5.41) is 3.65. The lowest BCUT2D eigenvalue weighted by Crippen LogP contribution is -2.21. The molecule has 0 radical (unpaired) electrons. The molecule has 1 atom stereocenters. The average molecular weight is 378 g/mol. The van der Waals surface area contributed by atoms with Crippen LogP contribution >= 0.6 is 11.3 Å². The third-order valence-electron chi connectivity index (χ3n) is 4.91. The molecular weight excluding hydrogens is 360 g/mol. The maximum absolute atomic E-state index is 12.6. The maximum atomic E-state index is 12.6. The van der Waals surface area contributed by atoms with Crippen molar-refractivity contribution in [3.8, 4) is 17.3 Å². The zero-order valence-corrected chi connectivity index (χ0v) is 15.6. The molecule has 4 heterocycles. The number of aromatic amines is 1. The molecule has 136 valence electrons. The molecule has 0 spiro atoms. The molecule has 0 bridgehead atoms. The van der Waals surface area contributed by atoms with E-state index in [0.717, 1.165) is 29.6 Å². The lowest BCUT2D eigenvalue weighted by atomic mass is 10.2. The summed E-state index contributed by atoms with van der Waals surface area (Å²) in [5.74, 6) is 1.19. The van der Waals surface area contributed by atoms with E-state index in [1.54, 1.807) is 17.4 Å². The number of rotatable bonds is 3. The third kappa shape index (κ3) is 3.09. The summed E-state index contributed by atoms with van der Waals surface area (Å²) in [5.41, 5.74) is 1.11. The van der Waals surface area contributed by atoms with Crippen LogP contribution in [0.1, 0.15) is 6.42 Å². The van der Waals surface area contributed by atoms with Gasteiger partial charge in [0.2, 0.25) is 0 Å². The van der Waals surface area contributed by atoms with Crippen LogP contribution < -0.4 is 10.3 Å². The number of nitrogens with one attached hydrogen (secondary N) is 1. The first-order valence-corrected chi connectivity index (χ1v) is 9.76. The number of nitrogens with zero attached hydrogens (tertiary/aromatic N) is 3. The Hall–Kier alpha value is -2.77. The summed E-state index contributed by atoms with van der Waals surface area (Å²) in [6.07, 6.45) is 2.98. The predicted octanol–water partition coefficient (Wildman–Crippen LogP) is 3.28. The normalized spacial score (nSPS) is 17.7. The Morgan fingerprint density at radius 3 is 3.07 bits per heavy atom. The summed E-state index contributed by atoms with van der Waals surface area (Å²) in [6.45, 7) is 1.94. The number of thiophene rings is 1. The second-order valence-corrected chi connectivity index (χ2v) is 7.86. The highest BCUT2D eigenvalue weighted by molar-refractivity contribution is 7.17. The largest absolute Gasteiger partial charge is 0.489 e. The Kier molecular flexibility index (Phi) is 3.91. The van der Waals surface area contributed by atoms with Crippen molar-refractivity contribution in [2.45, 2.75) is 12.5 Å². The summed E-state index contributed by atoms with van der Waals surface area (Å²) < 4.78 is 7.14. The van der Waals surface area contributed by atoms with E-state index in [9.17, 15) is 4.79 Å². The van der Waals surface area contributed by atoms with Gasteiger partial charge in [-0.25, -0.2) is 4.98 Å². The standard InChI is InChI=1S/C20H18N4O2S/c1-24-6-4-14(11-24)26-13-2-3-16-15(9-13)20(25)23-19(22-16)17-8-12-5-7-27-18(12)10-21-17/h2-3,5,7-10,14H,4,6,11H2,1H3,(H,22,23,25). The van der Waals surface area contributed by atoms with Gasteiger partial charge >= 0.3 is 0 Å². The third-order valence-corrected chi connectivity index (χ3v) is 5.78. The Morgan fingerprint density at radius 1 is 1.30 bits per heavy atom. The molecular formula is C20H18N4O2S. The van der Waals surface area contributed by atoms with Gasteiger partial charge in [-0.05, 0) is 54.6 Å². The van der Waals surface area contributed by atoms with E-state index in [2.05, 4.69) is 26.9 Å². The van der Waals surface area contributed by atoms with Gasteiger partial charge in [0, 0.05) is 19.3 Å². The molecule has 5 rings (SSSR count). The van der Waals surface area contributed by atoms with Gasteiger partial charge in [0.15, 0.2) is 5.82 Å². The number of hydrogen-bond donors (Lipinski definition) is 1. The molecule has 4 aromatic rings. The number of pyridine rings is 1. The van der Waals surface area contributed by atoms with E-state index in [0.29, 0.717) is 28.2 Å². The van der Waals surface area contributed by atoms with E-state index in [-0.39, 0.29) is 11.7 Å². The Balaban J connectivity index is 1.51. The van der Waals surface area contributed by atoms with Crippen LogP contribution in [-0.4, -0.2) is 46.1 Å². The van der Waals surface area contributed by atoms with Crippen LogP contribution in [0, 0.1) is 0 Å². The number of fused-ring (bicyclic) bond motifs is 2. The predicted molar refractivity (Wildman–Crippen MR) is 108 cm³/mol. The Morgan fingerprint density at radius 2 is 2.22 bits per heavy atom. The average Bonchev–Trinajstić information content (AvgIpc) is 3.30. The Labute approximate surface area is 159 Å². The second-order valence-electron chi connectivity index (χ2n) is 6.91. The molecule has 7 heteroatoms. The van der Waals surface area contributed by atoms with Gasteiger partial charge in [-0.3, -0.25) is 9.78 Å². The Bertz CT molecular complexity index is 1200. The highest BCUT2D eigenvalue weighted by Gasteiger charge is 2.21. The highest BCUT2D eigenvalue weighted by atomic mass is 32.1. The number of H-pyrrole nitrogens is 1. The van der Waals surface area contributed by atoms with Gasteiger partial charge in [-0.2, -0.15) is 0 Å². The fourth-order valence-corrected chi connectivity index (χ4v) is 4.23. The van der Waals surface area contributed by atoms with Crippen LogP contribution in [0.2, 0.25) is 0 Å². The van der Waals surface area contributed by atoms with Crippen LogP contribution in [-0.2, 0) is 0 Å². The van der Waals surface area contributed by atoms with E-state index in [4.69, 9.17) is 4.74 Å². The quantitative estimate of drug-likeness (QED) is 0.592. The monoisotopic (exact) mass is 378 g/mol. The lowest BCUT2D eigenvalue weighted by Gasteiger charge is -2.14. The van der Waals surface area contributed by atoms with E-state index in [1.165, 1.54) is 0 Å². The zero-order chi connectivity index (χ0) is 18.4. The SMILES string of the molecule is CN1CCC(Oc2ccc3nc(-c4cc5ccsc5cn4)[nH]c(=O)c3c2)C1. The van der Waals surface area contributed by atoms with E-state index < -0.39 is 0 Å². The van der Waals surface area contributed by atoms with Gasteiger partial charge in [-0.15, -0.1) is 11.3 Å². The molecule has 1 aliphatic rings. The van der Waals surface area contributed by atoms with Crippen molar-refractivity contribution in [2.24, 2.45) is 0 Å². The topological polar surface area (TPSA) is 71.1 Å². The van der Waals surface area contributed by atoms with E-state index >= 15 is 0 Å². The summed E-state index contributed by atoms with van der Waals surface area (Å²) in [6, 6.07) is 9.48. The first-order chi connectivity index (χ1) is 13.2. The smallest absolute Gasteiger partial charge is 0.259 e. The summed E-state index contributed by atoms with van der Waals surface area (Å²) in [4.78, 5) is 26.8. The second kappa shape index (κ2) is 6.44. The molecule has 1 saturated heterocycles. The van der Waals surface area contributed by atoms with Gasteiger partial charge in [0.05, 0.1) is 15.6 Å². The molecule has 3 aromatic heterocycles. The molecule has 0 saturated carbocycles. The van der Waals surface area contributed by atoms with Crippen LogP contribution in [0.3, 0.4) is 0 Å². The number of likely N-dealkylation sites (tertiary alicyclic amines) is 1. The molecule has 0 aliphatic carbocycles. The molecule has 6 nitrogen and oxygen atoms in total. The van der Waals surface area contributed by atoms with Crippen molar-refractivity contribution in [2.75, 3.05) is 20.1 Å². The van der Waals surface area contributed by atoms with Crippen LogP contribution in [0.4, 0.5) is 0 Å². The minimum absolute atomic E-state index is 0.167. The number of likely N-dealkylation sites (N-methyl/N-ethyl adjacent to an activating group) is 1. The molecule has 27 heavy (non-hydrogen) atoms. The zero-order valence-electron chi connectivity index (χ0n) is 14.8. The van der Waals surface area contributed by atoms with E-state index in [1.807, 2.05) is 35.8 Å². The summed E-state index contributed by atoms with van der Waals surface area (Å²) in [7, 11) is 2.08. The van der Waals surface area contributed by atoms with Crippen LogP contribution in [0.5, 0.6) is 5.75 Å². The molecule has 0 amide bonds. The summed E-state index contributed by atoms with van der Waals surface area (Å²) >= 11 is 1.64. The fourth-order valence-electron chi connectivity index (χ4n) is 3.49. The number of ether oxygens (including phenoxy) is 1. The first kappa shape index (κ1) is 16.4. The van der Waals surface area contributed by atoms with Crippen molar-refractivity contribution in [1.82, 2.24) is 19.9 Å². The molecule has 1 N–H and O–H groups in total. The molecule has 1 fully saturated rings. The van der Waals surface area contributed by atoms with Gasteiger partial charge in [0.1, 0.15) is 17.5 Å². The fraction of sp³-hybridized carbons (Fsp3) is 0.250. The van der Waals surface area contributed by atoms with Crippen molar-refractivity contribution < 1.29 is 4.74 Å². The number of benzene rings is 1. The van der Waals surface area contributed by atoms with Crippen molar-refractivity contribution in [3.63, 3.8) is 0 Å². The van der Waals surface area contributed by atoms with Gasteiger partial charge < -0.3 is 14.6 Å².